The summed E-state index contributed by atoms with van der Waals surface area (Å²) in [4.78, 5) is 26.7. The largest absolute Gasteiger partial charge is 0.299 e. The van der Waals surface area contributed by atoms with E-state index in [4.69, 9.17) is 0 Å². The van der Waals surface area contributed by atoms with Crippen molar-refractivity contribution in [1.82, 2.24) is 15.0 Å². The third-order valence-electron chi connectivity index (χ3n) is 2.71. The summed E-state index contributed by atoms with van der Waals surface area (Å²) in [5, 5.41) is 11.0. The molecule has 1 amide bonds. The second-order valence-electron chi connectivity index (χ2n) is 4.38. The predicted molar refractivity (Wildman–Crippen MR) is 74.0 cm³/mol. The molecule has 1 unspecified atom stereocenters. The van der Waals surface area contributed by atoms with Gasteiger partial charge in [-0.05, 0) is 13.0 Å². The Bertz CT molecular complexity index is 555. The van der Waals surface area contributed by atoms with E-state index in [0.29, 0.717) is 18.5 Å². The Morgan fingerprint density at radius 2 is 2.35 bits per heavy atom. The molecule has 0 N–H and O–H groups in total. The fraction of sp³-hybridized carbons (Fsp3) is 0.308. The summed E-state index contributed by atoms with van der Waals surface area (Å²) in [7, 11) is 0. The molecule has 104 valence electrons. The maximum atomic E-state index is 11.5. The van der Waals surface area contributed by atoms with E-state index in [1.54, 1.807) is 31.6 Å². The van der Waals surface area contributed by atoms with Crippen molar-refractivity contribution >= 4 is 24.1 Å². The first kappa shape index (κ1) is 13.9. The van der Waals surface area contributed by atoms with Crippen molar-refractivity contribution in [2.24, 2.45) is 10.2 Å². The van der Waals surface area contributed by atoms with Gasteiger partial charge in [-0.3, -0.25) is 19.6 Å². The highest BCUT2D eigenvalue weighted by Crippen LogP contribution is 2.12. The Morgan fingerprint density at radius 1 is 1.55 bits per heavy atom. The molecule has 2 rings (SSSR count). The molecule has 1 atom stereocenters. The van der Waals surface area contributed by atoms with Crippen LogP contribution in [-0.2, 0) is 9.59 Å². The number of aldehydes is 1. The lowest BCUT2D eigenvalue weighted by Crippen LogP contribution is -2.52. The second kappa shape index (κ2) is 6.05. The number of aromatic nitrogens is 1. The van der Waals surface area contributed by atoms with E-state index < -0.39 is 6.17 Å². The summed E-state index contributed by atoms with van der Waals surface area (Å²) >= 11 is 0. The lowest BCUT2D eigenvalue weighted by atomic mass is 10.3. The molecule has 7 nitrogen and oxygen atoms in total. The van der Waals surface area contributed by atoms with Gasteiger partial charge in [0, 0.05) is 24.9 Å². The number of nitrogens with zero attached hydrogens (tertiary/aromatic N) is 5. The Morgan fingerprint density at radius 3 is 2.95 bits per heavy atom. The van der Waals surface area contributed by atoms with Crippen LogP contribution in [-0.4, -0.2) is 51.8 Å². The maximum absolute atomic E-state index is 11.5. The van der Waals surface area contributed by atoms with Crippen LogP contribution in [0.2, 0.25) is 0 Å². The summed E-state index contributed by atoms with van der Waals surface area (Å²) in [5.41, 5.74) is 1.52. The zero-order chi connectivity index (χ0) is 14.5. The van der Waals surface area contributed by atoms with Crippen LogP contribution in [0.3, 0.4) is 0 Å². The number of carbonyl (C=O) groups is 2. The van der Waals surface area contributed by atoms with E-state index in [1.807, 2.05) is 6.07 Å². The zero-order valence-corrected chi connectivity index (χ0v) is 11.3. The molecule has 0 saturated carbocycles. The van der Waals surface area contributed by atoms with E-state index in [-0.39, 0.29) is 5.91 Å². The van der Waals surface area contributed by atoms with Gasteiger partial charge in [-0.15, -0.1) is 0 Å². The third-order valence-corrected chi connectivity index (χ3v) is 2.71. The highest BCUT2D eigenvalue weighted by molar-refractivity contribution is 5.88. The van der Waals surface area contributed by atoms with Crippen LogP contribution < -0.4 is 0 Å². The number of hydrogen-bond acceptors (Lipinski definition) is 6. The van der Waals surface area contributed by atoms with Gasteiger partial charge in [0.2, 0.25) is 5.91 Å². The van der Waals surface area contributed by atoms with E-state index in [1.165, 1.54) is 11.9 Å². The van der Waals surface area contributed by atoms with Crippen LogP contribution >= 0.6 is 0 Å². The third kappa shape index (κ3) is 3.05. The molecular weight excluding hydrogens is 258 g/mol. The molecule has 20 heavy (non-hydrogen) atoms. The molecule has 0 saturated heterocycles. The second-order valence-corrected chi connectivity index (χ2v) is 4.38. The first-order valence-corrected chi connectivity index (χ1v) is 6.11. The minimum Gasteiger partial charge on any atom is -0.299 e. The van der Waals surface area contributed by atoms with Crippen molar-refractivity contribution in [3.05, 3.63) is 30.1 Å². The van der Waals surface area contributed by atoms with Crippen LogP contribution in [0, 0.1) is 0 Å². The van der Waals surface area contributed by atoms with Gasteiger partial charge in [0.25, 0.3) is 0 Å². The molecule has 1 aromatic rings. The predicted octanol–water partition coefficient (Wildman–Crippen LogP) is 0.481. The summed E-state index contributed by atoms with van der Waals surface area (Å²) in [6.07, 6.45) is 4.76. The Labute approximate surface area is 116 Å². The number of amides is 1. The summed E-state index contributed by atoms with van der Waals surface area (Å²) in [6.45, 7) is 3.54. The van der Waals surface area contributed by atoms with Gasteiger partial charge in [-0.1, -0.05) is 6.07 Å². The van der Waals surface area contributed by atoms with Gasteiger partial charge in [0.05, 0.1) is 18.5 Å². The summed E-state index contributed by atoms with van der Waals surface area (Å²) in [5.74, 6) is -0.303. The van der Waals surface area contributed by atoms with E-state index >= 15 is 0 Å². The molecule has 0 bridgehead atoms. The van der Waals surface area contributed by atoms with E-state index in [2.05, 4.69) is 15.2 Å². The van der Waals surface area contributed by atoms with Crippen LogP contribution in [0.25, 0.3) is 0 Å². The molecule has 0 fully saturated rings. The standard InChI is InChI=1S/C13H15N5O2/c1-10-8-17(13(9-19)18(16-10)11(2)20)15-7-12-4-3-5-14-6-12/h3-7,9,13H,8H2,1-2H3. The van der Waals surface area contributed by atoms with Gasteiger partial charge >= 0.3 is 0 Å². The molecule has 1 aliphatic rings. The van der Waals surface area contributed by atoms with Crippen molar-refractivity contribution in [3.63, 3.8) is 0 Å². The molecule has 0 spiro atoms. The molecule has 2 heterocycles. The number of hydrazone groups is 2. The quantitative estimate of drug-likeness (QED) is 0.593. The highest BCUT2D eigenvalue weighted by Gasteiger charge is 2.30. The summed E-state index contributed by atoms with van der Waals surface area (Å²) in [6, 6.07) is 3.64. The van der Waals surface area contributed by atoms with Crippen LogP contribution in [0.5, 0.6) is 0 Å². The smallest absolute Gasteiger partial charge is 0.241 e. The van der Waals surface area contributed by atoms with Crippen molar-refractivity contribution in [2.45, 2.75) is 20.0 Å². The molecule has 7 heteroatoms. The lowest BCUT2D eigenvalue weighted by molar-refractivity contribution is -0.140. The Balaban J connectivity index is 2.22. The highest BCUT2D eigenvalue weighted by atomic mass is 16.2. The summed E-state index contributed by atoms with van der Waals surface area (Å²) < 4.78 is 0. The molecule has 0 aliphatic carbocycles. The van der Waals surface area contributed by atoms with Gasteiger partial charge in [0.15, 0.2) is 12.5 Å². The first-order valence-electron chi connectivity index (χ1n) is 6.11. The van der Waals surface area contributed by atoms with E-state index in [0.717, 1.165) is 10.6 Å². The number of hydrogen-bond donors (Lipinski definition) is 0. The Hall–Kier alpha value is -2.57. The van der Waals surface area contributed by atoms with Crippen LogP contribution in [0.15, 0.2) is 34.7 Å². The molecule has 1 aliphatic heterocycles. The maximum Gasteiger partial charge on any atom is 0.241 e. The van der Waals surface area contributed by atoms with Crippen molar-refractivity contribution in [1.29, 1.82) is 0 Å². The van der Waals surface area contributed by atoms with Gasteiger partial charge < -0.3 is 0 Å². The first-order chi connectivity index (χ1) is 9.61. The van der Waals surface area contributed by atoms with Gasteiger partial charge in [-0.2, -0.15) is 10.2 Å². The molecule has 0 radical (unpaired) electrons. The number of rotatable bonds is 3. The van der Waals surface area contributed by atoms with Crippen molar-refractivity contribution in [3.8, 4) is 0 Å². The average molecular weight is 273 g/mol. The van der Waals surface area contributed by atoms with Crippen molar-refractivity contribution in [2.75, 3.05) is 6.54 Å². The lowest BCUT2D eigenvalue weighted by Gasteiger charge is -2.35. The molecular formula is C13H15N5O2. The number of pyridine rings is 1. The molecule has 1 aromatic heterocycles. The van der Waals surface area contributed by atoms with Crippen molar-refractivity contribution < 1.29 is 9.59 Å². The van der Waals surface area contributed by atoms with E-state index in [9.17, 15) is 9.59 Å². The zero-order valence-electron chi connectivity index (χ0n) is 11.3. The fourth-order valence-corrected chi connectivity index (χ4v) is 1.82. The monoisotopic (exact) mass is 273 g/mol. The minimum atomic E-state index is -0.816. The van der Waals surface area contributed by atoms with Crippen LogP contribution in [0.1, 0.15) is 19.4 Å². The van der Waals surface area contributed by atoms with Gasteiger partial charge in [0.1, 0.15) is 0 Å². The average Bonchev–Trinajstić information content (AvgIpc) is 2.45. The topological polar surface area (TPSA) is 78.2 Å². The Kier molecular flexibility index (Phi) is 4.19. The normalized spacial score (nSPS) is 19.1. The molecule has 0 aromatic carbocycles. The minimum absolute atomic E-state index is 0.303. The van der Waals surface area contributed by atoms with Crippen LogP contribution in [0.4, 0.5) is 0 Å². The SMILES string of the molecule is CC(=O)N1N=C(C)CN(N=Cc2cccnc2)C1C=O. The van der Waals surface area contributed by atoms with Gasteiger partial charge in [-0.25, -0.2) is 5.01 Å². The number of carbonyl (C=O) groups excluding carboxylic acids is 2. The fourth-order valence-electron chi connectivity index (χ4n) is 1.82.